The Labute approximate surface area is 124 Å². The Bertz CT molecular complexity index is 543. The number of nitro groups is 1. The van der Waals surface area contributed by atoms with Crippen molar-refractivity contribution in [3.05, 3.63) is 38.3 Å². The van der Waals surface area contributed by atoms with Crippen LogP contribution in [0.5, 0.6) is 0 Å². The van der Waals surface area contributed by atoms with Crippen molar-refractivity contribution >= 4 is 27.5 Å². The molecule has 0 radical (unpaired) electrons. The van der Waals surface area contributed by atoms with Crippen molar-refractivity contribution in [3.8, 4) is 0 Å². The lowest BCUT2D eigenvalue weighted by atomic mass is 10.0. The first kappa shape index (κ1) is 14.9. The van der Waals surface area contributed by atoms with Gasteiger partial charge in [-0.05, 0) is 30.7 Å². The predicted octanol–water partition coefficient (Wildman–Crippen LogP) is 2.25. The van der Waals surface area contributed by atoms with Crippen LogP contribution >= 0.6 is 15.9 Å². The highest BCUT2D eigenvalue weighted by Crippen LogP contribution is 2.47. The first-order chi connectivity index (χ1) is 9.46. The topological polar surface area (TPSA) is 92.5 Å². The molecule has 1 amide bonds. The van der Waals surface area contributed by atoms with Crippen LogP contribution in [-0.4, -0.2) is 29.1 Å². The van der Waals surface area contributed by atoms with Crippen LogP contribution in [0.25, 0.3) is 0 Å². The molecule has 0 saturated heterocycles. The van der Waals surface area contributed by atoms with E-state index in [1.54, 1.807) is 6.07 Å². The number of halogens is 1. The first-order valence-electron chi connectivity index (χ1n) is 6.30. The van der Waals surface area contributed by atoms with Crippen LogP contribution in [0.4, 0.5) is 5.69 Å². The van der Waals surface area contributed by atoms with E-state index in [2.05, 4.69) is 21.2 Å². The minimum Gasteiger partial charge on any atom is -0.396 e. The van der Waals surface area contributed by atoms with Crippen LogP contribution in [0, 0.1) is 15.5 Å². The maximum absolute atomic E-state index is 12.0. The summed E-state index contributed by atoms with van der Waals surface area (Å²) in [6.07, 6.45) is 2.66. The molecule has 0 unspecified atom stereocenters. The van der Waals surface area contributed by atoms with Crippen molar-refractivity contribution in [3.63, 3.8) is 0 Å². The molecule has 0 aliphatic heterocycles. The Balaban J connectivity index is 2.04. The van der Waals surface area contributed by atoms with Crippen LogP contribution < -0.4 is 5.32 Å². The van der Waals surface area contributed by atoms with Crippen molar-refractivity contribution in [2.45, 2.75) is 19.3 Å². The van der Waals surface area contributed by atoms with Gasteiger partial charge in [0.05, 0.1) is 4.92 Å². The average Bonchev–Trinajstić information content (AvgIpc) is 3.16. The highest BCUT2D eigenvalue weighted by Gasteiger charge is 2.41. The zero-order chi connectivity index (χ0) is 14.8. The Morgan fingerprint density at radius 1 is 1.45 bits per heavy atom. The van der Waals surface area contributed by atoms with Crippen LogP contribution in [0.2, 0.25) is 0 Å². The summed E-state index contributed by atoms with van der Waals surface area (Å²) in [7, 11) is 0. The molecule has 1 fully saturated rings. The SMILES string of the molecule is O=C(NCC1(CCO)CC1)c1cc(Br)cc([N+](=O)[O-])c1. The number of nitrogens with zero attached hydrogens (tertiary/aromatic N) is 1. The van der Waals surface area contributed by atoms with Crippen molar-refractivity contribution < 1.29 is 14.8 Å². The van der Waals surface area contributed by atoms with E-state index in [1.807, 2.05) is 0 Å². The van der Waals surface area contributed by atoms with E-state index >= 15 is 0 Å². The summed E-state index contributed by atoms with van der Waals surface area (Å²) in [5.74, 6) is -0.335. The molecule has 2 N–H and O–H groups in total. The van der Waals surface area contributed by atoms with Gasteiger partial charge < -0.3 is 10.4 Å². The van der Waals surface area contributed by atoms with Gasteiger partial charge in [0.15, 0.2) is 0 Å². The summed E-state index contributed by atoms with van der Waals surface area (Å²) < 4.78 is 0.494. The fourth-order valence-corrected chi connectivity index (χ4v) is 2.59. The maximum atomic E-state index is 12.0. The number of nitrogens with one attached hydrogen (secondary N) is 1. The molecule has 2 rings (SSSR count). The molecule has 0 heterocycles. The summed E-state index contributed by atoms with van der Waals surface area (Å²) in [6.45, 7) is 0.602. The molecule has 108 valence electrons. The van der Waals surface area contributed by atoms with E-state index < -0.39 is 4.92 Å². The van der Waals surface area contributed by atoms with Crippen molar-refractivity contribution in [1.82, 2.24) is 5.32 Å². The number of carbonyl (C=O) groups is 1. The summed E-state index contributed by atoms with van der Waals surface area (Å²) >= 11 is 3.16. The quantitative estimate of drug-likeness (QED) is 0.612. The van der Waals surface area contributed by atoms with E-state index in [4.69, 9.17) is 5.11 Å². The van der Waals surface area contributed by atoms with Gasteiger partial charge in [0, 0.05) is 35.3 Å². The predicted molar refractivity (Wildman–Crippen MR) is 76.5 cm³/mol. The Hall–Kier alpha value is -1.47. The van der Waals surface area contributed by atoms with E-state index in [9.17, 15) is 14.9 Å². The number of amides is 1. The number of aliphatic hydroxyl groups is 1. The average molecular weight is 343 g/mol. The minimum atomic E-state index is -0.532. The zero-order valence-corrected chi connectivity index (χ0v) is 12.4. The Morgan fingerprint density at radius 2 is 2.15 bits per heavy atom. The van der Waals surface area contributed by atoms with Crippen LogP contribution in [0.15, 0.2) is 22.7 Å². The molecular formula is C13H15BrN2O4. The Morgan fingerprint density at radius 3 is 2.70 bits per heavy atom. The van der Waals surface area contributed by atoms with Gasteiger partial charge in [0.2, 0.25) is 0 Å². The van der Waals surface area contributed by atoms with Gasteiger partial charge in [-0.25, -0.2) is 0 Å². The first-order valence-corrected chi connectivity index (χ1v) is 7.09. The lowest BCUT2D eigenvalue weighted by Crippen LogP contribution is -2.30. The number of rotatable bonds is 6. The molecule has 6 nitrogen and oxygen atoms in total. The number of carbonyl (C=O) groups excluding carboxylic acids is 1. The Kier molecular flexibility index (Phi) is 4.39. The standard InChI is InChI=1S/C13H15BrN2O4/c14-10-5-9(6-11(7-10)16(19)20)12(18)15-8-13(1-2-13)3-4-17/h5-7,17H,1-4,8H2,(H,15,18). The number of hydrogen-bond acceptors (Lipinski definition) is 4. The van der Waals surface area contributed by atoms with Crippen molar-refractivity contribution in [2.75, 3.05) is 13.2 Å². The molecule has 1 aliphatic rings. The molecule has 1 saturated carbocycles. The molecule has 1 aromatic carbocycles. The van der Waals surface area contributed by atoms with Gasteiger partial charge in [-0.3, -0.25) is 14.9 Å². The normalized spacial score (nSPS) is 15.7. The number of nitro benzene ring substituents is 1. The number of benzene rings is 1. The fraction of sp³-hybridized carbons (Fsp3) is 0.462. The van der Waals surface area contributed by atoms with E-state index in [0.717, 1.165) is 12.8 Å². The molecule has 1 aromatic rings. The van der Waals surface area contributed by atoms with Crippen LogP contribution in [0.3, 0.4) is 0 Å². The van der Waals surface area contributed by atoms with Gasteiger partial charge in [-0.15, -0.1) is 0 Å². The third kappa shape index (κ3) is 3.55. The largest absolute Gasteiger partial charge is 0.396 e. The second-order valence-electron chi connectivity index (χ2n) is 5.11. The van der Waals surface area contributed by atoms with Gasteiger partial charge >= 0.3 is 0 Å². The third-order valence-corrected chi connectivity index (χ3v) is 4.04. The molecule has 0 bridgehead atoms. The van der Waals surface area contributed by atoms with Crippen LogP contribution in [-0.2, 0) is 0 Å². The number of aliphatic hydroxyl groups excluding tert-OH is 1. The highest BCUT2D eigenvalue weighted by molar-refractivity contribution is 9.10. The molecule has 0 atom stereocenters. The van der Waals surface area contributed by atoms with E-state index in [0.29, 0.717) is 17.4 Å². The van der Waals surface area contributed by atoms with Gasteiger partial charge in [-0.1, -0.05) is 15.9 Å². The smallest absolute Gasteiger partial charge is 0.271 e. The number of non-ortho nitro benzene ring substituents is 1. The van der Waals surface area contributed by atoms with E-state index in [-0.39, 0.29) is 29.2 Å². The van der Waals surface area contributed by atoms with Crippen molar-refractivity contribution in [1.29, 1.82) is 0 Å². The lowest BCUT2D eigenvalue weighted by Gasteiger charge is -2.14. The summed E-state index contributed by atoms with van der Waals surface area (Å²) in [5.41, 5.74) is 0.148. The number of hydrogen-bond donors (Lipinski definition) is 2. The minimum absolute atomic E-state index is 0.0162. The highest BCUT2D eigenvalue weighted by atomic mass is 79.9. The molecule has 0 spiro atoms. The van der Waals surface area contributed by atoms with E-state index in [1.165, 1.54) is 12.1 Å². The summed E-state index contributed by atoms with van der Waals surface area (Å²) in [6, 6.07) is 4.16. The molecule has 7 heteroatoms. The fourth-order valence-electron chi connectivity index (χ4n) is 2.11. The molecule has 0 aromatic heterocycles. The monoisotopic (exact) mass is 342 g/mol. The van der Waals surface area contributed by atoms with Gasteiger partial charge in [-0.2, -0.15) is 0 Å². The summed E-state index contributed by atoms with van der Waals surface area (Å²) in [4.78, 5) is 22.3. The third-order valence-electron chi connectivity index (χ3n) is 3.58. The van der Waals surface area contributed by atoms with Crippen LogP contribution in [0.1, 0.15) is 29.6 Å². The zero-order valence-electron chi connectivity index (χ0n) is 10.8. The van der Waals surface area contributed by atoms with Gasteiger partial charge in [0.1, 0.15) is 0 Å². The molecule has 1 aliphatic carbocycles. The second-order valence-corrected chi connectivity index (χ2v) is 6.03. The van der Waals surface area contributed by atoms with Crippen molar-refractivity contribution in [2.24, 2.45) is 5.41 Å². The lowest BCUT2D eigenvalue weighted by molar-refractivity contribution is -0.385. The summed E-state index contributed by atoms with van der Waals surface area (Å²) in [5, 5.41) is 22.5. The maximum Gasteiger partial charge on any atom is 0.271 e. The second kappa shape index (κ2) is 5.88. The molecule has 20 heavy (non-hydrogen) atoms. The molecular weight excluding hydrogens is 328 g/mol. The van der Waals surface area contributed by atoms with Gasteiger partial charge in [0.25, 0.3) is 11.6 Å².